The van der Waals surface area contributed by atoms with E-state index in [2.05, 4.69) is 16.9 Å². The van der Waals surface area contributed by atoms with Gasteiger partial charge in [-0.1, -0.05) is 24.1 Å². The van der Waals surface area contributed by atoms with Crippen LogP contribution in [0.25, 0.3) is 11.3 Å². The molecule has 1 aliphatic heterocycles. The Balaban J connectivity index is 1.61. The Bertz CT molecular complexity index is 1210. The third-order valence-electron chi connectivity index (χ3n) is 5.33. The molecule has 0 unspecified atom stereocenters. The van der Waals surface area contributed by atoms with Crippen LogP contribution in [0.15, 0.2) is 54.6 Å². The van der Waals surface area contributed by atoms with Gasteiger partial charge in [-0.15, -0.1) is 0 Å². The molecule has 3 aromatic rings. The number of benzene rings is 2. The average Bonchev–Trinajstić information content (AvgIpc) is 3.40. The molecule has 2 aromatic carbocycles. The summed E-state index contributed by atoms with van der Waals surface area (Å²) in [5, 5.41) is 4.61. The van der Waals surface area contributed by atoms with E-state index in [0.29, 0.717) is 36.5 Å². The van der Waals surface area contributed by atoms with Crippen molar-refractivity contribution < 1.29 is 14.3 Å². The molecular weight excluding hydrogens is 406 g/mol. The number of para-hydroxylation sites is 1. The maximum absolute atomic E-state index is 12.2. The summed E-state index contributed by atoms with van der Waals surface area (Å²) >= 11 is 0. The number of hydrogen-bond donors (Lipinski definition) is 2. The minimum absolute atomic E-state index is 0.162. The highest BCUT2D eigenvalue weighted by molar-refractivity contribution is 6.03. The van der Waals surface area contributed by atoms with Crippen LogP contribution in [0.1, 0.15) is 29.7 Å². The van der Waals surface area contributed by atoms with E-state index in [9.17, 15) is 9.59 Å². The zero-order chi connectivity index (χ0) is 22.7. The van der Waals surface area contributed by atoms with E-state index in [-0.39, 0.29) is 23.3 Å². The van der Waals surface area contributed by atoms with Crippen molar-refractivity contribution in [3.63, 3.8) is 0 Å². The molecule has 4 rings (SSSR count). The van der Waals surface area contributed by atoms with Gasteiger partial charge >= 0.3 is 0 Å². The topological polar surface area (TPSA) is 116 Å². The Labute approximate surface area is 185 Å². The third-order valence-corrected chi connectivity index (χ3v) is 5.33. The number of primary amides is 1. The average molecular weight is 429 g/mol. The lowest BCUT2D eigenvalue weighted by atomic mass is 10.1. The van der Waals surface area contributed by atoms with Gasteiger partial charge in [-0.3, -0.25) is 9.59 Å². The van der Waals surface area contributed by atoms with Crippen LogP contribution in [0.3, 0.4) is 0 Å². The summed E-state index contributed by atoms with van der Waals surface area (Å²) in [6.45, 7) is 2.59. The first-order valence-corrected chi connectivity index (χ1v) is 10.2. The van der Waals surface area contributed by atoms with Crippen molar-refractivity contribution in [1.82, 2.24) is 14.7 Å². The lowest BCUT2D eigenvalue weighted by Gasteiger charge is -2.14. The van der Waals surface area contributed by atoms with Gasteiger partial charge in [-0.2, -0.15) is 5.10 Å². The first-order chi connectivity index (χ1) is 15.5. The molecule has 1 fully saturated rings. The molecule has 1 aromatic heterocycles. The van der Waals surface area contributed by atoms with Crippen molar-refractivity contribution in [3.05, 3.63) is 60.2 Å². The van der Waals surface area contributed by atoms with Gasteiger partial charge in [0, 0.05) is 18.7 Å². The number of nitrogen functional groups attached to an aromatic ring is 1. The Morgan fingerprint density at radius 1 is 1.09 bits per heavy atom. The number of nitrogens with zero attached hydrogens (tertiary/aromatic N) is 3. The normalized spacial score (nSPS) is 15.2. The van der Waals surface area contributed by atoms with Gasteiger partial charge in [0.2, 0.25) is 0 Å². The van der Waals surface area contributed by atoms with Crippen LogP contribution >= 0.6 is 0 Å². The van der Waals surface area contributed by atoms with Crippen LogP contribution in [-0.2, 0) is 4.79 Å². The van der Waals surface area contributed by atoms with E-state index in [1.54, 1.807) is 40.8 Å². The first kappa shape index (κ1) is 21.0. The molecule has 1 aliphatic rings. The van der Waals surface area contributed by atoms with Crippen LogP contribution in [0.2, 0.25) is 0 Å². The molecule has 1 saturated heterocycles. The number of likely N-dealkylation sites (tertiary alicyclic amines) is 1. The second-order valence-electron chi connectivity index (χ2n) is 7.43. The molecule has 1 atom stereocenters. The monoisotopic (exact) mass is 429 g/mol. The predicted octanol–water partition coefficient (Wildman–Crippen LogP) is 2.82. The summed E-state index contributed by atoms with van der Waals surface area (Å²) in [6, 6.07) is 16.5. The van der Waals surface area contributed by atoms with Crippen molar-refractivity contribution in [2.45, 2.75) is 19.4 Å². The lowest BCUT2D eigenvalue weighted by Crippen LogP contribution is -2.28. The quantitative estimate of drug-likeness (QED) is 0.605. The van der Waals surface area contributed by atoms with E-state index in [4.69, 9.17) is 16.2 Å². The molecule has 0 spiro atoms. The SMILES string of the molecule is CC#CC(=O)N1CC[C@@H](n2nc(-c3ccc(Oc4ccccc4)cc3)c(C(N)=O)c2N)C1. The standard InChI is InChI=1S/C24H23N5O3/c1-2-6-20(30)28-14-13-17(15-28)29-23(25)21(24(26)31)22(27-29)16-9-11-19(12-10-16)32-18-7-4-3-5-8-18/h3-5,7-12,17H,13-15,25H2,1H3,(H2,26,31)/t17-/m1/s1. The number of hydrogen-bond acceptors (Lipinski definition) is 5. The summed E-state index contributed by atoms with van der Waals surface area (Å²) in [5.74, 6) is 5.84. The number of rotatable bonds is 5. The molecule has 162 valence electrons. The highest BCUT2D eigenvalue weighted by atomic mass is 16.5. The van der Waals surface area contributed by atoms with E-state index < -0.39 is 5.91 Å². The second kappa shape index (κ2) is 8.86. The largest absolute Gasteiger partial charge is 0.457 e. The summed E-state index contributed by atoms with van der Waals surface area (Å²) in [5.41, 5.74) is 13.2. The highest BCUT2D eigenvalue weighted by Gasteiger charge is 2.31. The molecule has 4 N–H and O–H groups in total. The second-order valence-corrected chi connectivity index (χ2v) is 7.43. The fraction of sp³-hybridized carbons (Fsp3) is 0.208. The number of carbonyl (C=O) groups excluding carboxylic acids is 2. The van der Waals surface area contributed by atoms with E-state index >= 15 is 0 Å². The number of aromatic nitrogens is 2. The molecule has 2 heterocycles. The van der Waals surface area contributed by atoms with Gasteiger partial charge in [-0.25, -0.2) is 4.68 Å². The molecule has 32 heavy (non-hydrogen) atoms. The van der Waals surface area contributed by atoms with Crippen molar-refractivity contribution in [3.8, 4) is 34.6 Å². The van der Waals surface area contributed by atoms with Crippen LogP contribution in [-0.4, -0.2) is 39.6 Å². The van der Waals surface area contributed by atoms with Gasteiger partial charge in [0.25, 0.3) is 11.8 Å². The Morgan fingerprint density at radius 2 is 1.78 bits per heavy atom. The fourth-order valence-electron chi connectivity index (χ4n) is 3.79. The number of ether oxygens (including phenoxy) is 1. The Kier molecular flexibility index (Phi) is 5.81. The predicted molar refractivity (Wildman–Crippen MR) is 121 cm³/mol. The molecule has 0 saturated carbocycles. The summed E-state index contributed by atoms with van der Waals surface area (Å²) < 4.78 is 7.41. The third kappa shape index (κ3) is 4.14. The number of nitrogens with two attached hydrogens (primary N) is 2. The van der Waals surface area contributed by atoms with E-state index in [1.165, 1.54) is 0 Å². The maximum Gasteiger partial charge on any atom is 0.298 e. The minimum Gasteiger partial charge on any atom is -0.457 e. The molecule has 0 bridgehead atoms. The molecule has 8 nitrogen and oxygen atoms in total. The zero-order valence-corrected chi connectivity index (χ0v) is 17.6. The molecule has 0 aliphatic carbocycles. The number of carbonyl (C=O) groups is 2. The lowest BCUT2D eigenvalue weighted by molar-refractivity contribution is -0.124. The van der Waals surface area contributed by atoms with Crippen molar-refractivity contribution in [1.29, 1.82) is 0 Å². The molecular formula is C24H23N5O3. The summed E-state index contributed by atoms with van der Waals surface area (Å²) in [6.07, 6.45) is 0.657. The Hall–Kier alpha value is -4.25. The van der Waals surface area contributed by atoms with Crippen LogP contribution in [0.5, 0.6) is 11.5 Å². The molecule has 2 amide bonds. The van der Waals surface area contributed by atoms with Crippen molar-refractivity contribution in [2.24, 2.45) is 5.73 Å². The zero-order valence-electron chi connectivity index (χ0n) is 17.6. The summed E-state index contributed by atoms with van der Waals surface area (Å²) in [7, 11) is 0. The van der Waals surface area contributed by atoms with Gasteiger partial charge in [0.05, 0.1) is 6.04 Å². The van der Waals surface area contributed by atoms with Gasteiger partial charge < -0.3 is 21.1 Å². The minimum atomic E-state index is -0.656. The van der Waals surface area contributed by atoms with Crippen molar-refractivity contribution in [2.75, 3.05) is 18.8 Å². The number of anilines is 1. The Morgan fingerprint density at radius 3 is 2.44 bits per heavy atom. The van der Waals surface area contributed by atoms with E-state index in [0.717, 1.165) is 5.75 Å². The van der Waals surface area contributed by atoms with Crippen LogP contribution < -0.4 is 16.2 Å². The first-order valence-electron chi connectivity index (χ1n) is 10.2. The van der Waals surface area contributed by atoms with Crippen molar-refractivity contribution >= 4 is 17.6 Å². The fourth-order valence-corrected chi connectivity index (χ4v) is 3.79. The van der Waals surface area contributed by atoms with Gasteiger partial charge in [0.15, 0.2) is 0 Å². The highest BCUT2D eigenvalue weighted by Crippen LogP contribution is 2.33. The van der Waals surface area contributed by atoms with Gasteiger partial charge in [0.1, 0.15) is 28.6 Å². The van der Waals surface area contributed by atoms with Crippen LogP contribution in [0, 0.1) is 11.8 Å². The number of amides is 2. The smallest absolute Gasteiger partial charge is 0.298 e. The maximum atomic E-state index is 12.2. The van der Waals surface area contributed by atoms with E-state index in [1.807, 2.05) is 30.3 Å². The molecule has 8 heteroatoms. The van der Waals surface area contributed by atoms with Crippen LogP contribution in [0.4, 0.5) is 5.82 Å². The van der Waals surface area contributed by atoms with Gasteiger partial charge in [-0.05, 0) is 55.7 Å². The summed E-state index contributed by atoms with van der Waals surface area (Å²) in [4.78, 5) is 25.9. The molecule has 0 radical (unpaired) electrons.